The van der Waals surface area contributed by atoms with Crippen molar-refractivity contribution in [1.82, 2.24) is 5.32 Å². The van der Waals surface area contributed by atoms with E-state index in [-0.39, 0.29) is 6.04 Å². The number of aldehydes is 1. The molecule has 1 heterocycles. The molecule has 1 aromatic carbocycles. The minimum atomic E-state index is 0.0604. The molecule has 1 fully saturated rings. The lowest BCUT2D eigenvalue weighted by Gasteiger charge is -2.10. The Morgan fingerprint density at radius 3 is 2.62 bits per heavy atom. The molecule has 0 aliphatic carbocycles. The third-order valence-electron chi connectivity index (χ3n) is 2.55. The Hall–Kier alpha value is -1.15. The molecule has 0 aromatic heterocycles. The molecular formula is C11H13NO. The SMILES string of the molecule is O=C[C@H]1CCC(c2ccccc2)N1. The number of carbonyl (C=O) groups is 1. The second-order valence-electron chi connectivity index (χ2n) is 3.45. The maximum atomic E-state index is 10.5. The van der Waals surface area contributed by atoms with Gasteiger partial charge in [0.1, 0.15) is 6.29 Å². The Bertz CT molecular complexity index is 283. The molecule has 0 radical (unpaired) electrons. The first kappa shape index (κ1) is 8.45. The highest BCUT2D eigenvalue weighted by Crippen LogP contribution is 2.25. The smallest absolute Gasteiger partial charge is 0.136 e. The van der Waals surface area contributed by atoms with E-state index < -0.39 is 0 Å². The normalized spacial score (nSPS) is 27.4. The van der Waals surface area contributed by atoms with Crippen molar-refractivity contribution >= 4 is 6.29 Å². The minimum Gasteiger partial charge on any atom is -0.302 e. The lowest BCUT2D eigenvalue weighted by atomic mass is 10.1. The van der Waals surface area contributed by atoms with Crippen LogP contribution < -0.4 is 5.32 Å². The van der Waals surface area contributed by atoms with E-state index in [1.54, 1.807) is 0 Å². The first-order chi connectivity index (χ1) is 6.40. The number of nitrogens with one attached hydrogen (secondary N) is 1. The average molecular weight is 175 g/mol. The van der Waals surface area contributed by atoms with Gasteiger partial charge in [-0.2, -0.15) is 0 Å². The Labute approximate surface area is 78.0 Å². The summed E-state index contributed by atoms with van der Waals surface area (Å²) in [6.45, 7) is 0. The second kappa shape index (κ2) is 3.71. The van der Waals surface area contributed by atoms with Crippen molar-refractivity contribution in [2.45, 2.75) is 24.9 Å². The summed E-state index contributed by atoms with van der Waals surface area (Å²) >= 11 is 0. The molecule has 0 saturated carbocycles. The van der Waals surface area contributed by atoms with Crippen LogP contribution in [0.25, 0.3) is 0 Å². The molecule has 2 rings (SSSR count). The summed E-state index contributed by atoms with van der Waals surface area (Å²) in [6.07, 6.45) is 3.03. The summed E-state index contributed by atoms with van der Waals surface area (Å²) in [5.74, 6) is 0. The summed E-state index contributed by atoms with van der Waals surface area (Å²) in [5.41, 5.74) is 1.28. The van der Waals surface area contributed by atoms with Gasteiger partial charge in [-0.05, 0) is 18.4 Å². The van der Waals surface area contributed by atoms with E-state index in [4.69, 9.17) is 0 Å². The Balaban J connectivity index is 2.08. The van der Waals surface area contributed by atoms with Crippen LogP contribution in [0, 0.1) is 0 Å². The van der Waals surface area contributed by atoms with Gasteiger partial charge >= 0.3 is 0 Å². The molecule has 68 valence electrons. The topological polar surface area (TPSA) is 29.1 Å². The lowest BCUT2D eigenvalue weighted by molar-refractivity contribution is -0.109. The monoisotopic (exact) mass is 175 g/mol. The number of rotatable bonds is 2. The molecule has 1 aromatic rings. The summed E-state index contributed by atoms with van der Waals surface area (Å²) in [6, 6.07) is 10.7. The fourth-order valence-electron chi connectivity index (χ4n) is 1.83. The van der Waals surface area contributed by atoms with Crippen molar-refractivity contribution in [2.24, 2.45) is 0 Å². The van der Waals surface area contributed by atoms with E-state index >= 15 is 0 Å². The molecule has 13 heavy (non-hydrogen) atoms. The van der Waals surface area contributed by atoms with Crippen molar-refractivity contribution < 1.29 is 4.79 Å². The summed E-state index contributed by atoms with van der Waals surface area (Å²) < 4.78 is 0. The Morgan fingerprint density at radius 2 is 2.00 bits per heavy atom. The third-order valence-corrected chi connectivity index (χ3v) is 2.55. The zero-order chi connectivity index (χ0) is 9.10. The van der Waals surface area contributed by atoms with Gasteiger partial charge in [-0.25, -0.2) is 0 Å². The number of hydrogen-bond acceptors (Lipinski definition) is 2. The van der Waals surface area contributed by atoms with Gasteiger partial charge in [0.25, 0.3) is 0 Å². The van der Waals surface area contributed by atoms with Crippen LogP contribution in [0.5, 0.6) is 0 Å². The average Bonchev–Trinajstić information content (AvgIpc) is 2.67. The molecular weight excluding hydrogens is 162 g/mol. The van der Waals surface area contributed by atoms with Gasteiger partial charge in [0.2, 0.25) is 0 Å². The molecule has 2 atom stereocenters. The van der Waals surface area contributed by atoms with Crippen LogP contribution in [0.2, 0.25) is 0 Å². The maximum absolute atomic E-state index is 10.5. The van der Waals surface area contributed by atoms with Crippen LogP contribution >= 0.6 is 0 Å². The molecule has 1 saturated heterocycles. The van der Waals surface area contributed by atoms with Crippen molar-refractivity contribution in [3.63, 3.8) is 0 Å². The van der Waals surface area contributed by atoms with Gasteiger partial charge in [-0.15, -0.1) is 0 Å². The van der Waals surface area contributed by atoms with Crippen LogP contribution in [-0.4, -0.2) is 12.3 Å². The van der Waals surface area contributed by atoms with Gasteiger partial charge in [0.15, 0.2) is 0 Å². The molecule has 1 unspecified atom stereocenters. The van der Waals surface area contributed by atoms with Gasteiger partial charge < -0.3 is 10.1 Å². The van der Waals surface area contributed by atoms with E-state index in [2.05, 4.69) is 17.4 Å². The Kier molecular flexibility index (Phi) is 2.41. The van der Waals surface area contributed by atoms with Gasteiger partial charge in [0, 0.05) is 6.04 Å². The van der Waals surface area contributed by atoms with E-state index in [1.807, 2.05) is 18.2 Å². The van der Waals surface area contributed by atoms with Crippen LogP contribution in [-0.2, 0) is 4.79 Å². The molecule has 1 N–H and O–H groups in total. The number of hydrogen-bond donors (Lipinski definition) is 1. The van der Waals surface area contributed by atoms with Crippen LogP contribution in [0.1, 0.15) is 24.4 Å². The van der Waals surface area contributed by atoms with Gasteiger partial charge in [-0.3, -0.25) is 0 Å². The fourth-order valence-corrected chi connectivity index (χ4v) is 1.83. The zero-order valence-electron chi connectivity index (χ0n) is 7.44. The number of carbonyl (C=O) groups excluding carboxylic acids is 1. The molecule has 0 spiro atoms. The molecule has 2 nitrogen and oxygen atoms in total. The third kappa shape index (κ3) is 1.78. The minimum absolute atomic E-state index is 0.0604. The summed E-state index contributed by atoms with van der Waals surface area (Å²) in [4.78, 5) is 10.5. The zero-order valence-corrected chi connectivity index (χ0v) is 7.44. The highest BCUT2D eigenvalue weighted by atomic mass is 16.1. The van der Waals surface area contributed by atoms with E-state index in [0.717, 1.165) is 19.1 Å². The first-order valence-corrected chi connectivity index (χ1v) is 4.66. The predicted molar refractivity (Wildman–Crippen MR) is 51.4 cm³/mol. The van der Waals surface area contributed by atoms with Crippen molar-refractivity contribution in [1.29, 1.82) is 0 Å². The highest BCUT2D eigenvalue weighted by Gasteiger charge is 2.23. The van der Waals surface area contributed by atoms with E-state index in [1.165, 1.54) is 5.56 Å². The van der Waals surface area contributed by atoms with Gasteiger partial charge in [-0.1, -0.05) is 30.3 Å². The van der Waals surface area contributed by atoms with E-state index in [0.29, 0.717) is 6.04 Å². The molecule has 0 bridgehead atoms. The fraction of sp³-hybridized carbons (Fsp3) is 0.364. The molecule has 1 aliphatic heterocycles. The summed E-state index contributed by atoms with van der Waals surface area (Å²) in [5, 5.41) is 3.29. The standard InChI is InChI=1S/C11H13NO/c13-8-10-6-7-11(12-10)9-4-2-1-3-5-9/h1-5,8,10-12H,6-7H2/t10-,11?/m1/s1. The first-order valence-electron chi connectivity index (χ1n) is 4.66. The second-order valence-corrected chi connectivity index (χ2v) is 3.45. The van der Waals surface area contributed by atoms with Crippen LogP contribution in [0.3, 0.4) is 0 Å². The van der Waals surface area contributed by atoms with Crippen LogP contribution in [0.4, 0.5) is 0 Å². The lowest BCUT2D eigenvalue weighted by Crippen LogP contribution is -2.25. The molecule has 1 aliphatic rings. The Morgan fingerprint density at radius 1 is 1.23 bits per heavy atom. The molecule has 2 heteroatoms. The highest BCUT2D eigenvalue weighted by molar-refractivity contribution is 5.58. The molecule has 0 amide bonds. The van der Waals surface area contributed by atoms with E-state index in [9.17, 15) is 4.79 Å². The van der Waals surface area contributed by atoms with Crippen molar-refractivity contribution in [3.8, 4) is 0 Å². The maximum Gasteiger partial charge on any atom is 0.136 e. The summed E-state index contributed by atoms with van der Waals surface area (Å²) in [7, 11) is 0. The largest absolute Gasteiger partial charge is 0.302 e. The van der Waals surface area contributed by atoms with Crippen LogP contribution in [0.15, 0.2) is 30.3 Å². The van der Waals surface area contributed by atoms with Gasteiger partial charge in [0.05, 0.1) is 6.04 Å². The van der Waals surface area contributed by atoms with Crippen molar-refractivity contribution in [2.75, 3.05) is 0 Å². The quantitative estimate of drug-likeness (QED) is 0.693. The predicted octanol–water partition coefficient (Wildman–Crippen LogP) is 1.68. The van der Waals surface area contributed by atoms with Crippen molar-refractivity contribution in [3.05, 3.63) is 35.9 Å². The number of benzene rings is 1.